The van der Waals surface area contributed by atoms with E-state index in [4.69, 9.17) is 0 Å². The summed E-state index contributed by atoms with van der Waals surface area (Å²) in [7, 11) is 2.03. The van der Waals surface area contributed by atoms with Crippen molar-refractivity contribution in [2.75, 3.05) is 31.1 Å². The highest BCUT2D eigenvalue weighted by Gasteiger charge is 2.29. The number of amides is 2. The molecule has 2 N–H and O–H groups in total. The van der Waals surface area contributed by atoms with Crippen LogP contribution in [0.4, 0.5) is 5.82 Å². The summed E-state index contributed by atoms with van der Waals surface area (Å²) in [5.74, 6) is 0.732. The molecule has 6 rings (SSSR count). The van der Waals surface area contributed by atoms with Crippen molar-refractivity contribution in [3.8, 4) is 11.3 Å². The van der Waals surface area contributed by atoms with Crippen LogP contribution < -0.4 is 10.2 Å². The molecule has 2 aromatic carbocycles. The van der Waals surface area contributed by atoms with Gasteiger partial charge >= 0.3 is 0 Å². The smallest absolute Gasteiger partial charge is 0.256 e. The number of aromatic nitrogens is 2. The van der Waals surface area contributed by atoms with Gasteiger partial charge in [0.25, 0.3) is 11.8 Å². The third kappa shape index (κ3) is 5.87. The highest BCUT2D eigenvalue weighted by atomic mass is 35.5. The molecule has 4 aromatic rings. The van der Waals surface area contributed by atoms with Crippen LogP contribution in [0.15, 0.2) is 66.9 Å². The van der Waals surface area contributed by atoms with Crippen molar-refractivity contribution < 1.29 is 14.7 Å². The van der Waals surface area contributed by atoms with E-state index >= 15 is 0 Å². The minimum absolute atomic E-state index is 0. The van der Waals surface area contributed by atoms with Gasteiger partial charge in [-0.3, -0.25) is 9.59 Å². The Morgan fingerprint density at radius 1 is 0.929 bits per heavy atom. The molecule has 42 heavy (non-hydrogen) atoms. The summed E-state index contributed by atoms with van der Waals surface area (Å²) in [6.45, 7) is 4.57. The lowest BCUT2D eigenvalue weighted by Crippen LogP contribution is -2.49. The molecule has 1 aliphatic heterocycles. The van der Waals surface area contributed by atoms with Crippen LogP contribution >= 0.6 is 12.4 Å². The number of piperazine rings is 1. The fourth-order valence-corrected chi connectivity index (χ4v) is 6.20. The van der Waals surface area contributed by atoms with Crippen molar-refractivity contribution in [1.82, 2.24) is 19.8 Å². The molecular formula is C33H38ClN5O3. The number of nitrogens with one attached hydrogen (secondary N) is 1. The Hall–Kier alpha value is -3.88. The highest BCUT2D eigenvalue weighted by molar-refractivity contribution is 6.13. The van der Waals surface area contributed by atoms with Crippen molar-refractivity contribution in [3.63, 3.8) is 0 Å². The number of hydrogen-bond donors (Lipinski definition) is 2. The van der Waals surface area contributed by atoms with Crippen LogP contribution in [-0.4, -0.2) is 69.7 Å². The van der Waals surface area contributed by atoms with Crippen LogP contribution in [-0.2, 0) is 7.05 Å². The van der Waals surface area contributed by atoms with Gasteiger partial charge in [-0.1, -0.05) is 42.0 Å². The molecular weight excluding hydrogens is 550 g/mol. The van der Waals surface area contributed by atoms with Gasteiger partial charge in [0, 0.05) is 56.4 Å². The van der Waals surface area contributed by atoms with Gasteiger partial charge in [0.2, 0.25) is 0 Å². The molecule has 0 radical (unpaired) electrons. The number of nitrogens with zero attached hydrogens (tertiary/aromatic N) is 4. The van der Waals surface area contributed by atoms with E-state index in [2.05, 4.69) is 57.0 Å². The average molecular weight is 588 g/mol. The Morgan fingerprint density at radius 2 is 1.64 bits per heavy atom. The van der Waals surface area contributed by atoms with E-state index in [9.17, 15) is 14.7 Å². The molecule has 2 aliphatic rings. The maximum atomic E-state index is 14.1. The van der Waals surface area contributed by atoms with Crippen molar-refractivity contribution in [2.45, 2.75) is 44.8 Å². The maximum Gasteiger partial charge on any atom is 0.256 e. The molecule has 1 saturated carbocycles. The second-order valence-corrected chi connectivity index (χ2v) is 11.3. The third-order valence-electron chi connectivity index (χ3n) is 8.55. The van der Waals surface area contributed by atoms with Crippen LogP contribution in [0.25, 0.3) is 22.2 Å². The largest absolute Gasteiger partial charge is 0.393 e. The van der Waals surface area contributed by atoms with E-state index in [0.717, 1.165) is 64.8 Å². The summed E-state index contributed by atoms with van der Waals surface area (Å²) in [4.78, 5) is 35.5. The first-order valence-electron chi connectivity index (χ1n) is 14.5. The number of carbonyl (C=O) groups is 2. The number of benzene rings is 2. The Bertz CT molecular complexity index is 1550. The van der Waals surface area contributed by atoms with Gasteiger partial charge in [-0.2, -0.15) is 0 Å². The van der Waals surface area contributed by atoms with Crippen molar-refractivity contribution >= 4 is 40.9 Å². The van der Waals surface area contributed by atoms with Gasteiger partial charge in [0.05, 0.1) is 22.9 Å². The maximum absolute atomic E-state index is 14.1. The van der Waals surface area contributed by atoms with Crippen molar-refractivity contribution in [3.05, 3.63) is 83.6 Å². The van der Waals surface area contributed by atoms with Crippen molar-refractivity contribution in [1.29, 1.82) is 0 Å². The standard InChI is InChI=1S/C33H37N5O3.ClH/c1-22-8-14-28-27(20-22)30(31(36(28)2)23-6-4-3-5-7-23)33(41)38-18-16-37(17-19-38)29-15-9-24(21-34-29)32(40)35-25-10-12-26(39)13-11-25;/h3-9,14-15,20-21,25-26,39H,10-13,16-19H2,1-2H3,(H,35,40);1H. The number of aliphatic hydroxyl groups is 1. The molecule has 0 bridgehead atoms. The van der Waals surface area contributed by atoms with Crippen molar-refractivity contribution in [2.24, 2.45) is 7.05 Å². The molecule has 220 valence electrons. The SMILES string of the molecule is Cc1ccc2c(c1)c(C(=O)N1CCN(c3ccc(C(=O)NC4CCC(O)CC4)cn3)CC1)c(-c1ccccc1)n2C.Cl. The average Bonchev–Trinajstić information content (AvgIpc) is 3.29. The second kappa shape index (κ2) is 12.5. The van der Waals surface area contributed by atoms with E-state index in [1.165, 1.54) is 0 Å². The molecule has 0 unspecified atom stereocenters. The summed E-state index contributed by atoms with van der Waals surface area (Å²) in [6.07, 6.45) is 4.43. The molecule has 2 aromatic heterocycles. The number of halogens is 1. The number of anilines is 1. The van der Waals surface area contributed by atoms with E-state index < -0.39 is 0 Å². The zero-order chi connectivity index (χ0) is 28.5. The Balaban J connectivity index is 0.00000353. The minimum Gasteiger partial charge on any atom is -0.393 e. The Kier molecular flexibility index (Phi) is 8.85. The minimum atomic E-state index is -0.248. The summed E-state index contributed by atoms with van der Waals surface area (Å²) < 4.78 is 2.13. The third-order valence-corrected chi connectivity index (χ3v) is 8.55. The molecule has 2 fully saturated rings. The van der Waals surface area contributed by atoms with Gasteiger partial charge in [0.15, 0.2) is 0 Å². The van der Waals surface area contributed by atoms with Crippen LogP contribution in [0.3, 0.4) is 0 Å². The number of aliphatic hydroxyl groups excluding tert-OH is 1. The Morgan fingerprint density at radius 3 is 2.31 bits per heavy atom. The number of rotatable bonds is 5. The summed E-state index contributed by atoms with van der Waals surface area (Å²) >= 11 is 0. The van der Waals surface area contributed by atoms with Gasteiger partial charge < -0.3 is 24.8 Å². The van der Waals surface area contributed by atoms with E-state index in [0.29, 0.717) is 31.7 Å². The first-order valence-corrected chi connectivity index (χ1v) is 14.5. The zero-order valence-corrected chi connectivity index (χ0v) is 24.9. The van der Waals surface area contributed by atoms with E-state index in [1.54, 1.807) is 6.20 Å². The number of fused-ring (bicyclic) bond motifs is 1. The van der Waals surface area contributed by atoms with Crippen LogP contribution in [0, 0.1) is 6.92 Å². The summed E-state index contributed by atoms with van der Waals surface area (Å²) in [6, 6.07) is 20.2. The molecule has 0 atom stereocenters. The monoisotopic (exact) mass is 587 g/mol. The number of carbonyl (C=O) groups excluding carboxylic acids is 2. The topological polar surface area (TPSA) is 90.7 Å². The lowest BCUT2D eigenvalue weighted by Gasteiger charge is -2.35. The number of hydrogen-bond acceptors (Lipinski definition) is 5. The first-order chi connectivity index (χ1) is 19.9. The molecule has 2 amide bonds. The predicted molar refractivity (Wildman–Crippen MR) is 168 cm³/mol. The molecule has 1 saturated heterocycles. The molecule has 1 aliphatic carbocycles. The molecule has 0 spiro atoms. The fourth-order valence-electron chi connectivity index (χ4n) is 6.20. The number of pyridine rings is 1. The number of aryl methyl sites for hydroxylation is 2. The van der Waals surface area contributed by atoms with Gasteiger partial charge in [-0.15, -0.1) is 12.4 Å². The quantitative estimate of drug-likeness (QED) is 0.344. The summed E-state index contributed by atoms with van der Waals surface area (Å²) in [5.41, 5.74) is 5.44. The van der Waals surface area contributed by atoms with Gasteiger partial charge in [-0.25, -0.2) is 4.98 Å². The molecule has 8 nitrogen and oxygen atoms in total. The van der Waals surface area contributed by atoms with Crippen LogP contribution in [0.2, 0.25) is 0 Å². The molecule has 9 heteroatoms. The zero-order valence-electron chi connectivity index (χ0n) is 24.1. The van der Waals surface area contributed by atoms with E-state index in [-0.39, 0.29) is 36.4 Å². The fraction of sp³-hybridized carbons (Fsp3) is 0.364. The molecule has 3 heterocycles. The normalized spacial score (nSPS) is 18.9. The van der Waals surface area contributed by atoms with E-state index in [1.807, 2.05) is 42.3 Å². The highest BCUT2D eigenvalue weighted by Crippen LogP contribution is 2.35. The van der Waals surface area contributed by atoms with Gasteiger partial charge in [0.1, 0.15) is 5.82 Å². The van der Waals surface area contributed by atoms with Crippen LogP contribution in [0.1, 0.15) is 52.0 Å². The predicted octanol–water partition coefficient (Wildman–Crippen LogP) is 4.97. The lowest BCUT2D eigenvalue weighted by atomic mass is 9.93. The second-order valence-electron chi connectivity index (χ2n) is 11.3. The lowest BCUT2D eigenvalue weighted by molar-refractivity contribution is 0.0748. The van der Waals surface area contributed by atoms with Crippen LogP contribution in [0.5, 0.6) is 0 Å². The van der Waals surface area contributed by atoms with Gasteiger partial charge in [-0.05, 0) is 62.4 Å². The Labute approximate surface area is 252 Å². The summed E-state index contributed by atoms with van der Waals surface area (Å²) in [5, 5.41) is 13.8. The first kappa shape index (κ1) is 29.6.